The van der Waals surface area contributed by atoms with Crippen LogP contribution in [0.4, 0.5) is 22.0 Å². The van der Waals surface area contributed by atoms with Crippen LogP contribution in [0, 0.1) is 5.41 Å². The standard InChI is InChI=1S/C28H28F5NO4/c1-4-13-27(2,3)23(26(36)37)34-25(35)20-12-9-17-7-8-18(24(29)30)14-21(17)22(20)38-15-16-5-10-19(11-6-16)28(31,32)33/h5-12,14,23-24H,4,13,15H2,1-3H3,(H,34,35)(H,36,37)/t23-/m1/s1. The van der Waals surface area contributed by atoms with E-state index in [1.54, 1.807) is 13.8 Å². The molecule has 5 nitrogen and oxygen atoms in total. The van der Waals surface area contributed by atoms with E-state index < -0.39 is 41.5 Å². The molecule has 3 aromatic carbocycles. The van der Waals surface area contributed by atoms with Crippen LogP contribution in [0.25, 0.3) is 10.8 Å². The fraction of sp³-hybridized carbons (Fsp3) is 0.357. The Labute approximate surface area is 216 Å². The van der Waals surface area contributed by atoms with Crippen molar-refractivity contribution in [3.63, 3.8) is 0 Å². The first-order chi connectivity index (χ1) is 17.7. The summed E-state index contributed by atoms with van der Waals surface area (Å²) in [4.78, 5) is 25.3. The average molecular weight is 538 g/mol. The molecule has 0 saturated heterocycles. The lowest BCUT2D eigenvalue weighted by atomic mass is 9.80. The zero-order valence-electron chi connectivity index (χ0n) is 21.0. The summed E-state index contributed by atoms with van der Waals surface area (Å²) in [5.74, 6) is -2.10. The van der Waals surface area contributed by atoms with Crippen LogP contribution in [-0.2, 0) is 17.6 Å². The Hall–Kier alpha value is -3.69. The van der Waals surface area contributed by atoms with Crippen molar-refractivity contribution in [1.29, 1.82) is 0 Å². The summed E-state index contributed by atoms with van der Waals surface area (Å²) >= 11 is 0. The average Bonchev–Trinajstić information content (AvgIpc) is 2.84. The highest BCUT2D eigenvalue weighted by atomic mass is 19.4. The number of nitrogens with one attached hydrogen (secondary N) is 1. The van der Waals surface area contributed by atoms with Gasteiger partial charge in [-0.05, 0) is 47.1 Å². The Kier molecular flexibility index (Phi) is 8.64. The van der Waals surface area contributed by atoms with Crippen molar-refractivity contribution in [2.24, 2.45) is 5.41 Å². The highest BCUT2D eigenvalue weighted by Gasteiger charge is 2.36. The van der Waals surface area contributed by atoms with Gasteiger partial charge in [0.05, 0.1) is 11.1 Å². The molecule has 0 saturated carbocycles. The second-order valence-corrected chi connectivity index (χ2v) is 9.69. The first-order valence-corrected chi connectivity index (χ1v) is 11.9. The third-order valence-electron chi connectivity index (χ3n) is 6.36. The van der Waals surface area contributed by atoms with Gasteiger partial charge in [0.25, 0.3) is 12.3 Å². The van der Waals surface area contributed by atoms with Gasteiger partial charge in [0.1, 0.15) is 18.4 Å². The van der Waals surface area contributed by atoms with Gasteiger partial charge in [0.15, 0.2) is 0 Å². The molecule has 3 aromatic rings. The van der Waals surface area contributed by atoms with E-state index in [1.807, 2.05) is 6.92 Å². The van der Waals surface area contributed by atoms with Gasteiger partial charge >= 0.3 is 12.1 Å². The number of halogens is 5. The van der Waals surface area contributed by atoms with Crippen LogP contribution in [0.3, 0.4) is 0 Å². The molecule has 0 aliphatic rings. The van der Waals surface area contributed by atoms with Crippen molar-refractivity contribution in [2.45, 2.75) is 58.9 Å². The quantitative estimate of drug-likeness (QED) is 0.265. The monoisotopic (exact) mass is 537 g/mol. The maximum atomic E-state index is 13.5. The maximum Gasteiger partial charge on any atom is 0.416 e. The van der Waals surface area contributed by atoms with Gasteiger partial charge in [-0.3, -0.25) is 4.79 Å². The summed E-state index contributed by atoms with van der Waals surface area (Å²) < 4.78 is 71.5. The van der Waals surface area contributed by atoms with Gasteiger partial charge in [0.2, 0.25) is 0 Å². The van der Waals surface area contributed by atoms with Crippen molar-refractivity contribution in [1.82, 2.24) is 5.32 Å². The number of aliphatic carboxylic acids is 1. The molecule has 0 unspecified atom stereocenters. The van der Waals surface area contributed by atoms with Gasteiger partial charge in [-0.1, -0.05) is 57.5 Å². The van der Waals surface area contributed by atoms with Crippen LogP contribution in [0.5, 0.6) is 5.75 Å². The Morgan fingerprint density at radius 2 is 1.63 bits per heavy atom. The second-order valence-electron chi connectivity index (χ2n) is 9.69. The molecule has 3 rings (SSSR count). The van der Waals surface area contributed by atoms with E-state index in [0.717, 1.165) is 12.1 Å². The molecule has 0 radical (unpaired) electrons. The second kappa shape index (κ2) is 11.4. The zero-order valence-corrected chi connectivity index (χ0v) is 21.0. The third-order valence-corrected chi connectivity index (χ3v) is 6.36. The van der Waals surface area contributed by atoms with Gasteiger partial charge in [0, 0.05) is 10.9 Å². The molecular formula is C28H28F5NO4. The molecule has 0 heterocycles. The number of ether oxygens (including phenoxy) is 1. The van der Waals surface area contributed by atoms with Crippen LogP contribution in [0.2, 0.25) is 0 Å². The van der Waals surface area contributed by atoms with Crippen molar-refractivity contribution in [3.8, 4) is 5.75 Å². The Morgan fingerprint density at radius 3 is 2.18 bits per heavy atom. The first kappa shape index (κ1) is 28.9. The molecule has 0 aliphatic heterocycles. The number of carboxylic acid groups (broad SMARTS) is 1. The lowest BCUT2D eigenvalue weighted by molar-refractivity contribution is -0.142. The SMILES string of the molecule is CCCC(C)(C)[C@H](NC(=O)c1ccc2ccc(C(F)F)cc2c1OCc1ccc(C(F)(F)F)cc1)C(=O)O. The molecule has 2 N–H and O–H groups in total. The Morgan fingerprint density at radius 1 is 1.00 bits per heavy atom. The fourth-order valence-electron chi connectivity index (χ4n) is 4.31. The van der Waals surface area contributed by atoms with Gasteiger partial charge in [-0.2, -0.15) is 13.2 Å². The number of hydrogen-bond donors (Lipinski definition) is 2. The first-order valence-electron chi connectivity index (χ1n) is 11.9. The molecule has 0 spiro atoms. The number of rotatable bonds is 10. The molecule has 0 aliphatic carbocycles. The number of carbonyl (C=O) groups is 2. The number of alkyl halides is 5. The molecule has 1 atom stereocenters. The molecule has 10 heteroatoms. The number of amides is 1. The summed E-state index contributed by atoms with van der Waals surface area (Å²) in [6.07, 6.45) is -6.12. The lowest BCUT2D eigenvalue weighted by Crippen LogP contribution is -2.50. The van der Waals surface area contributed by atoms with Gasteiger partial charge < -0.3 is 15.2 Å². The molecular weight excluding hydrogens is 509 g/mol. The van der Waals surface area contributed by atoms with Crippen molar-refractivity contribution >= 4 is 22.6 Å². The number of carbonyl (C=O) groups excluding carboxylic acids is 1. The van der Waals surface area contributed by atoms with Crippen molar-refractivity contribution in [2.75, 3.05) is 0 Å². The van der Waals surface area contributed by atoms with Crippen molar-refractivity contribution in [3.05, 3.63) is 76.9 Å². The largest absolute Gasteiger partial charge is 0.487 e. The number of benzene rings is 3. The minimum Gasteiger partial charge on any atom is -0.487 e. The van der Waals surface area contributed by atoms with Crippen LogP contribution in [0.15, 0.2) is 54.6 Å². The smallest absolute Gasteiger partial charge is 0.416 e. The third kappa shape index (κ3) is 6.59. The summed E-state index contributed by atoms with van der Waals surface area (Å²) in [5.41, 5.74) is -1.70. The summed E-state index contributed by atoms with van der Waals surface area (Å²) in [6, 6.07) is 9.72. The lowest BCUT2D eigenvalue weighted by Gasteiger charge is -2.32. The van der Waals surface area contributed by atoms with Crippen LogP contribution < -0.4 is 10.1 Å². The van der Waals surface area contributed by atoms with Crippen LogP contribution >= 0.6 is 0 Å². The van der Waals surface area contributed by atoms with E-state index in [4.69, 9.17) is 4.74 Å². The predicted molar refractivity (Wildman–Crippen MR) is 132 cm³/mol. The predicted octanol–water partition coefficient (Wildman–Crippen LogP) is 7.38. The van der Waals surface area contributed by atoms with E-state index in [0.29, 0.717) is 23.8 Å². The summed E-state index contributed by atoms with van der Waals surface area (Å²) in [5, 5.41) is 13.0. The summed E-state index contributed by atoms with van der Waals surface area (Å²) in [6.45, 7) is 5.06. The minimum absolute atomic E-state index is 0.0835. The molecule has 0 aromatic heterocycles. The highest BCUT2D eigenvalue weighted by molar-refractivity contribution is 6.05. The van der Waals surface area contributed by atoms with Gasteiger partial charge in [-0.25, -0.2) is 13.6 Å². The molecule has 38 heavy (non-hydrogen) atoms. The maximum absolute atomic E-state index is 13.5. The van der Waals surface area contributed by atoms with E-state index in [9.17, 15) is 36.6 Å². The van der Waals surface area contributed by atoms with E-state index in [1.165, 1.54) is 42.5 Å². The molecule has 1 amide bonds. The fourth-order valence-corrected chi connectivity index (χ4v) is 4.31. The van der Waals surface area contributed by atoms with Gasteiger partial charge in [-0.15, -0.1) is 0 Å². The molecule has 0 fully saturated rings. The molecule has 204 valence electrons. The van der Waals surface area contributed by atoms with Crippen LogP contribution in [0.1, 0.15) is 67.1 Å². The zero-order chi connectivity index (χ0) is 28.3. The van der Waals surface area contributed by atoms with E-state index >= 15 is 0 Å². The summed E-state index contributed by atoms with van der Waals surface area (Å²) in [7, 11) is 0. The van der Waals surface area contributed by atoms with E-state index in [-0.39, 0.29) is 28.9 Å². The Bertz CT molecular complexity index is 1300. The number of carboxylic acids is 1. The normalized spacial score (nSPS) is 13.0. The van der Waals surface area contributed by atoms with Crippen LogP contribution in [-0.4, -0.2) is 23.0 Å². The van der Waals surface area contributed by atoms with Crippen molar-refractivity contribution < 1.29 is 41.4 Å². The highest BCUT2D eigenvalue weighted by Crippen LogP contribution is 2.35. The minimum atomic E-state index is -4.52. The number of hydrogen-bond acceptors (Lipinski definition) is 3. The topological polar surface area (TPSA) is 75.6 Å². The van der Waals surface area contributed by atoms with E-state index in [2.05, 4.69) is 5.32 Å². The molecule has 0 bridgehead atoms. The number of fused-ring (bicyclic) bond motifs is 1. The Balaban J connectivity index is 2.03.